The molecule has 0 aliphatic heterocycles. The van der Waals surface area contributed by atoms with Crippen LogP contribution >= 0.6 is 0 Å². The molecule has 0 rings (SSSR count). The second-order valence-corrected chi connectivity index (χ2v) is 4.72. The lowest BCUT2D eigenvalue weighted by Crippen LogP contribution is -2.39. The molecule has 0 aliphatic carbocycles. The molecule has 0 bridgehead atoms. The van der Waals surface area contributed by atoms with Crippen molar-refractivity contribution in [1.29, 1.82) is 0 Å². The monoisotopic (exact) mass is 289 g/mol. The molecule has 7 nitrogen and oxygen atoms in total. The number of hydrogen-bond acceptors (Lipinski definition) is 4. The molecule has 0 aliphatic rings. The maximum Gasteiger partial charge on any atom is 0.308 e. The van der Waals surface area contributed by atoms with Crippen LogP contribution in [0.4, 0.5) is 0 Å². The second kappa shape index (κ2) is 10.2. The summed E-state index contributed by atoms with van der Waals surface area (Å²) in [6, 6.07) is 0. The Morgan fingerprint density at radius 1 is 1.15 bits per heavy atom. The van der Waals surface area contributed by atoms with E-state index in [0.29, 0.717) is 25.8 Å². The molecule has 0 heterocycles. The van der Waals surface area contributed by atoms with E-state index in [4.69, 9.17) is 14.9 Å². The summed E-state index contributed by atoms with van der Waals surface area (Å²) in [6.45, 7) is 2.01. The summed E-state index contributed by atoms with van der Waals surface area (Å²) < 4.78 is 4.77. The number of hydrogen-bond donors (Lipinski definition) is 2. The minimum absolute atomic E-state index is 0.0819. The van der Waals surface area contributed by atoms with Crippen molar-refractivity contribution in [2.75, 3.05) is 26.8 Å². The van der Waals surface area contributed by atoms with Crippen molar-refractivity contribution >= 4 is 17.8 Å². The van der Waals surface area contributed by atoms with Gasteiger partial charge in [0, 0.05) is 26.6 Å². The minimum Gasteiger partial charge on any atom is -0.481 e. The number of carbonyl (C=O) groups is 3. The fraction of sp³-hybridized carbons (Fsp3) is 0.769. The van der Waals surface area contributed by atoms with Gasteiger partial charge in [0.15, 0.2) is 0 Å². The van der Waals surface area contributed by atoms with Crippen LogP contribution in [0.25, 0.3) is 0 Å². The summed E-state index contributed by atoms with van der Waals surface area (Å²) in [5.74, 6) is -2.68. The van der Waals surface area contributed by atoms with Crippen molar-refractivity contribution < 1.29 is 29.3 Å². The van der Waals surface area contributed by atoms with E-state index in [1.54, 1.807) is 6.92 Å². The molecule has 0 aromatic heterocycles. The molecule has 116 valence electrons. The van der Waals surface area contributed by atoms with Crippen molar-refractivity contribution in [1.82, 2.24) is 4.90 Å². The van der Waals surface area contributed by atoms with Crippen LogP contribution in [0.1, 0.15) is 32.6 Å². The quantitative estimate of drug-likeness (QED) is 0.546. The lowest BCUT2D eigenvalue weighted by atomic mass is 10.1. The summed E-state index contributed by atoms with van der Waals surface area (Å²) in [6.07, 6.45) is 1.99. The molecule has 0 fully saturated rings. The first kappa shape index (κ1) is 18.4. The third kappa shape index (κ3) is 8.47. The fourth-order valence-corrected chi connectivity index (χ4v) is 1.70. The van der Waals surface area contributed by atoms with Gasteiger partial charge in [-0.05, 0) is 12.8 Å². The first-order chi connectivity index (χ1) is 9.38. The molecule has 0 spiro atoms. The Kier molecular flexibility index (Phi) is 9.36. The summed E-state index contributed by atoms with van der Waals surface area (Å²) in [5, 5.41) is 17.4. The SMILES string of the molecule is COCC(=O)N(CCCCCC(=O)O)CC(C)C(=O)O. The summed E-state index contributed by atoms with van der Waals surface area (Å²) in [4.78, 5) is 34.4. The number of rotatable bonds is 11. The van der Waals surface area contributed by atoms with E-state index in [0.717, 1.165) is 0 Å². The van der Waals surface area contributed by atoms with E-state index in [-0.39, 0.29) is 25.5 Å². The Morgan fingerprint density at radius 3 is 2.30 bits per heavy atom. The van der Waals surface area contributed by atoms with Gasteiger partial charge in [-0.25, -0.2) is 0 Å². The zero-order chi connectivity index (χ0) is 15.5. The first-order valence-corrected chi connectivity index (χ1v) is 6.59. The van der Waals surface area contributed by atoms with E-state index in [1.807, 2.05) is 0 Å². The average Bonchev–Trinajstić information content (AvgIpc) is 2.36. The maximum absolute atomic E-state index is 11.8. The molecule has 1 atom stereocenters. The van der Waals surface area contributed by atoms with E-state index >= 15 is 0 Å². The third-order valence-corrected chi connectivity index (χ3v) is 2.86. The Labute approximate surface area is 118 Å². The van der Waals surface area contributed by atoms with Crippen LogP contribution in [0.15, 0.2) is 0 Å². The molecule has 0 saturated heterocycles. The highest BCUT2D eigenvalue weighted by atomic mass is 16.5. The van der Waals surface area contributed by atoms with Crippen LogP contribution < -0.4 is 0 Å². The number of ether oxygens (including phenoxy) is 1. The third-order valence-electron chi connectivity index (χ3n) is 2.86. The van der Waals surface area contributed by atoms with Gasteiger partial charge in [-0.3, -0.25) is 14.4 Å². The largest absolute Gasteiger partial charge is 0.481 e. The van der Waals surface area contributed by atoms with Crippen LogP contribution in [0.2, 0.25) is 0 Å². The average molecular weight is 289 g/mol. The van der Waals surface area contributed by atoms with Gasteiger partial charge >= 0.3 is 11.9 Å². The fourth-order valence-electron chi connectivity index (χ4n) is 1.70. The molecule has 20 heavy (non-hydrogen) atoms. The number of amides is 1. The number of aliphatic carboxylic acids is 2. The van der Waals surface area contributed by atoms with Gasteiger partial charge in [-0.1, -0.05) is 13.3 Å². The highest BCUT2D eigenvalue weighted by Crippen LogP contribution is 2.06. The number of carboxylic acids is 2. The molecule has 0 aromatic rings. The molecule has 1 amide bonds. The Morgan fingerprint density at radius 2 is 1.80 bits per heavy atom. The maximum atomic E-state index is 11.8. The van der Waals surface area contributed by atoms with Crippen LogP contribution in [0.3, 0.4) is 0 Å². The number of methoxy groups -OCH3 is 1. The Hall–Kier alpha value is -1.63. The molecule has 0 aromatic carbocycles. The molecular formula is C13H23NO6. The van der Waals surface area contributed by atoms with Crippen molar-refractivity contribution in [3.63, 3.8) is 0 Å². The van der Waals surface area contributed by atoms with Crippen molar-refractivity contribution in [2.45, 2.75) is 32.6 Å². The second-order valence-electron chi connectivity index (χ2n) is 4.72. The van der Waals surface area contributed by atoms with Gasteiger partial charge in [0.05, 0.1) is 5.92 Å². The van der Waals surface area contributed by atoms with Gasteiger partial charge in [0.1, 0.15) is 6.61 Å². The van der Waals surface area contributed by atoms with Crippen LogP contribution in [0, 0.1) is 5.92 Å². The molecule has 7 heteroatoms. The van der Waals surface area contributed by atoms with E-state index in [1.165, 1.54) is 12.0 Å². The number of unbranched alkanes of at least 4 members (excludes halogenated alkanes) is 2. The summed E-state index contributed by atoms with van der Waals surface area (Å²) in [7, 11) is 1.41. The molecule has 1 unspecified atom stereocenters. The number of nitrogens with zero attached hydrogens (tertiary/aromatic N) is 1. The smallest absolute Gasteiger partial charge is 0.308 e. The van der Waals surface area contributed by atoms with Crippen LogP contribution in [-0.4, -0.2) is 59.8 Å². The van der Waals surface area contributed by atoms with Gasteiger partial charge in [0.25, 0.3) is 0 Å². The lowest BCUT2D eigenvalue weighted by Gasteiger charge is -2.24. The Balaban J connectivity index is 4.21. The van der Waals surface area contributed by atoms with Gasteiger partial charge in [-0.2, -0.15) is 0 Å². The van der Waals surface area contributed by atoms with Crippen molar-refractivity contribution in [3.05, 3.63) is 0 Å². The molecule has 2 N–H and O–H groups in total. The van der Waals surface area contributed by atoms with E-state index in [2.05, 4.69) is 0 Å². The van der Waals surface area contributed by atoms with Crippen molar-refractivity contribution in [3.8, 4) is 0 Å². The molecule has 0 radical (unpaired) electrons. The highest BCUT2D eigenvalue weighted by molar-refractivity contribution is 5.78. The van der Waals surface area contributed by atoms with Gasteiger partial charge in [-0.15, -0.1) is 0 Å². The highest BCUT2D eigenvalue weighted by Gasteiger charge is 2.19. The van der Waals surface area contributed by atoms with Crippen LogP contribution in [-0.2, 0) is 19.1 Å². The zero-order valence-corrected chi connectivity index (χ0v) is 12.0. The van der Waals surface area contributed by atoms with Gasteiger partial charge in [0.2, 0.25) is 5.91 Å². The van der Waals surface area contributed by atoms with Crippen LogP contribution in [0.5, 0.6) is 0 Å². The number of carbonyl (C=O) groups excluding carboxylic acids is 1. The number of carboxylic acid groups (broad SMARTS) is 2. The summed E-state index contributed by atoms with van der Waals surface area (Å²) in [5.41, 5.74) is 0. The molecular weight excluding hydrogens is 266 g/mol. The topological polar surface area (TPSA) is 104 Å². The predicted octanol–water partition coefficient (Wildman–Crippen LogP) is 0.827. The standard InChI is InChI=1S/C13H23NO6/c1-10(13(18)19)8-14(11(15)9-20-2)7-5-3-4-6-12(16)17/h10H,3-9H2,1-2H3,(H,16,17)(H,18,19). The van der Waals surface area contributed by atoms with Crippen molar-refractivity contribution in [2.24, 2.45) is 5.92 Å². The summed E-state index contributed by atoms with van der Waals surface area (Å²) >= 11 is 0. The Bertz CT molecular complexity index is 331. The predicted molar refractivity (Wildman–Crippen MR) is 71.4 cm³/mol. The van der Waals surface area contributed by atoms with E-state index < -0.39 is 17.9 Å². The lowest BCUT2D eigenvalue weighted by molar-refractivity contribution is -0.144. The van der Waals surface area contributed by atoms with Gasteiger partial charge < -0.3 is 19.8 Å². The normalized spacial score (nSPS) is 11.9. The molecule has 0 saturated carbocycles. The minimum atomic E-state index is -0.953. The first-order valence-electron chi connectivity index (χ1n) is 6.59. The van der Waals surface area contributed by atoms with E-state index in [9.17, 15) is 14.4 Å². The zero-order valence-electron chi connectivity index (χ0n) is 12.0.